The highest BCUT2D eigenvalue weighted by molar-refractivity contribution is 5.69. The van der Waals surface area contributed by atoms with E-state index in [0.717, 1.165) is 42.8 Å². The third-order valence-corrected chi connectivity index (χ3v) is 3.50. The highest BCUT2D eigenvalue weighted by Gasteiger charge is 2.12. The Kier molecular flexibility index (Phi) is 6.02. The first-order chi connectivity index (χ1) is 8.91. The van der Waals surface area contributed by atoms with Crippen molar-refractivity contribution < 1.29 is 14.4 Å². The van der Waals surface area contributed by atoms with Crippen molar-refractivity contribution >= 4 is 5.97 Å². The third-order valence-electron chi connectivity index (χ3n) is 3.50. The number of nitrogens with zero attached hydrogens (tertiary/aromatic N) is 1. The van der Waals surface area contributed by atoms with Crippen LogP contribution in [0.2, 0.25) is 0 Å². The van der Waals surface area contributed by atoms with E-state index in [2.05, 4.69) is 17.4 Å². The highest BCUT2D eigenvalue weighted by Crippen LogP contribution is 2.13. The number of nitrogens with one attached hydrogen (secondary N) is 1. The first kappa shape index (κ1) is 15.7. The fourth-order valence-corrected chi connectivity index (χ4v) is 1.99. The quantitative estimate of drug-likeness (QED) is 0.758. The van der Waals surface area contributed by atoms with Crippen molar-refractivity contribution in [2.45, 2.75) is 59.5 Å². The average molecular weight is 268 g/mol. The summed E-state index contributed by atoms with van der Waals surface area (Å²) >= 11 is 0. The molecule has 0 aliphatic rings. The SMILES string of the molecule is Cc1noc(C)c1CNC(C)CCCC(C)C(=O)O. The molecule has 1 aromatic rings. The Morgan fingerprint density at radius 3 is 2.58 bits per heavy atom. The van der Waals surface area contributed by atoms with Gasteiger partial charge in [-0.3, -0.25) is 4.79 Å². The molecule has 0 aromatic carbocycles. The molecule has 0 radical (unpaired) electrons. The summed E-state index contributed by atoms with van der Waals surface area (Å²) in [5.41, 5.74) is 2.04. The lowest BCUT2D eigenvalue weighted by Crippen LogP contribution is -2.26. The zero-order valence-electron chi connectivity index (χ0n) is 12.2. The predicted molar refractivity (Wildman–Crippen MR) is 72.9 cm³/mol. The van der Waals surface area contributed by atoms with Crippen molar-refractivity contribution in [3.05, 3.63) is 17.0 Å². The maximum absolute atomic E-state index is 10.7. The molecule has 0 spiro atoms. The van der Waals surface area contributed by atoms with Crippen molar-refractivity contribution in [3.63, 3.8) is 0 Å². The van der Waals surface area contributed by atoms with Crippen LogP contribution < -0.4 is 5.32 Å². The number of rotatable bonds is 8. The lowest BCUT2D eigenvalue weighted by atomic mass is 10.0. The Morgan fingerprint density at radius 1 is 1.37 bits per heavy atom. The van der Waals surface area contributed by atoms with Crippen LogP contribution in [0.25, 0.3) is 0 Å². The van der Waals surface area contributed by atoms with Gasteiger partial charge in [-0.1, -0.05) is 18.5 Å². The van der Waals surface area contributed by atoms with Gasteiger partial charge in [-0.05, 0) is 33.6 Å². The second-order valence-corrected chi connectivity index (χ2v) is 5.25. The molecule has 0 bridgehead atoms. The Morgan fingerprint density at radius 2 is 2.05 bits per heavy atom. The molecule has 2 unspecified atom stereocenters. The van der Waals surface area contributed by atoms with Crippen LogP contribution >= 0.6 is 0 Å². The van der Waals surface area contributed by atoms with Gasteiger partial charge in [0.2, 0.25) is 0 Å². The topological polar surface area (TPSA) is 75.4 Å². The van der Waals surface area contributed by atoms with E-state index in [1.807, 2.05) is 13.8 Å². The second kappa shape index (κ2) is 7.28. The number of carboxylic acid groups (broad SMARTS) is 1. The zero-order valence-corrected chi connectivity index (χ0v) is 12.2. The van der Waals surface area contributed by atoms with Gasteiger partial charge in [0, 0.05) is 18.2 Å². The molecule has 1 heterocycles. The smallest absolute Gasteiger partial charge is 0.306 e. The molecule has 1 aromatic heterocycles. The minimum atomic E-state index is -0.712. The lowest BCUT2D eigenvalue weighted by Gasteiger charge is -2.14. The molecule has 0 amide bonds. The van der Waals surface area contributed by atoms with E-state index in [4.69, 9.17) is 9.63 Å². The van der Waals surface area contributed by atoms with Crippen LogP contribution in [-0.4, -0.2) is 22.3 Å². The van der Waals surface area contributed by atoms with Gasteiger partial charge in [0.1, 0.15) is 5.76 Å². The van der Waals surface area contributed by atoms with Crippen LogP contribution in [0, 0.1) is 19.8 Å². The Hall–Kier alpha value is -1.36. The van der Waals surface area contributed by atoms with Crippen LogP contribution in [0.5, 0.6) is 0 Å². The molecule has 0 aliphatic heterocycles. The van der Waals surface area contributed by atoms with Crippen LogP contribution in [-0.2, 0) is 11.3 Å². The normalized spacial score (nSPS) is 14.3. The molecule has 1 rings (SSSR count). The van der Waals surface area contributed by atoms with Gasteiger partial charge in [0.05, 0.1) is 11.6 Å². The third kappa shape index (κ3) is 5.03. The van der Waals surface area contributed by atoms with Crippen molar-refractivity contribution in [2.24, 2.45) is 5.92 Å². The van der Waals surface area contributed by atoms with Crippen LogP contribution in [0.4, 0.5) is 0 Å². The molecule has 5 heteroatoms. The van der Waals surface area contributed by atoms with E-state index in [9.17, 15) is 4.79 Å². The monoisotopic (exact) mass is 268 g/mol. The number of aliphatic carboxylic acids is 1. The van der Waals surface area contributed by atoms with E-state index in [1.54, 1.807) is 6.92 Å². The highest BCUT2D eigenvalue weighted by atomic mass is 16.5. The van der Waals surface area contributed by atoms with Crippen LogP contribution in [0.15, 0.2) is 4.52 Å². The molecule has 0 fully saturated rings. The van der Waals surface area contributed by atoms with Gasteiger partial charge in [-0.15, -0.1) is 0 Å². The van der Waals surface area contributed by atoms with E-state index in [0.29, 0.717) is 6.04 Å². The largest absolute Gasteiger partial charge is 0.481 e. The number of carboxylic acids is 1. The van der Waals surface area contributed by atoms with Crippen molar-refractivity contribution in [2.75, 3.05) is 0 Å². The summed E-state index contributed by atoms with van der Waals surface area (Å²) in [5.74, 6) is -0.109. The van der Waals surface area contributed by atoms with Gasteiger partial charge in [-0.25, -0.2) is 0 Å². The minimum absolute atomic E-state index is 0.255. The second-order valence-electron chi connectivity index (χ2n) is 5.25. The van der Waals surface area contributed by atoms with Gasteiger partial charge in [0.25, 0.3) is 0 Å². The molecular weight excluding hydrogens is 244 g/mol. The molecule has 0 saturated carbocycles. The zero-order chi connectivity index (χ0) is 14.4. The Balaban J connectivity index is 2.25. The molecule has 19 heavy (non-hydrogen) atoms. The number of aryl methyl sites for hydroxylation is 2. The maximum Gasteiger partial charge on any atom is 0.306 e. The fourth-order valence-electron chi connectivity index (χ4n) is 1.99. The molecule has 5 nitrogen and oxygen atoms in total. The summed E-state index contributed by atoms with van der Waals surface area (Å²) in [4.78, 5) is 10.7. The Bertz CT molecular complexity index is 395. The summed E-state index contributed by atoms with van der Waals surface area (Å²) in [6, 6.07) is 0.356. The average Bonchev–Trinajstić information content (AvgIpc) is 2.66. The van der Waals surface area contributed by atoms with Gasteiger partial charge in [0.15, 0.2) is 0 Å². The lowest BCUT2D eigenvalue weighted by molar-refractivity contribution is -0.141. The van der Waals surface area contributed by atoms with Crippen LogP contribution in [0.1, 0.15) is 50.1 Å². The summed E-state index contributed by atoms with van der Waals surface area (Å²) in [6.07, 6.45) is 2.62. The first-order valence-corrected chi connectivity index (χ1v) is 6.79. The van der Waals surface area contributed by atoms with Crippen molar-refractivity contribution in [3.8, 4) is 0 Å². The fraction of sp³-hybridized carbons (Fsp3) is 0.714. The molecule has 2 atom stereocenters. The van der Waals surface area contributed by atoms with Gasteiger partial charge >= 0.3 is 5.97 Å². The first-order valence-electron chi connectivity index (χ1n) is 6.79. The maximum atomic E-state index is 10.7. The number of aromatic nitrogens is 1. The summed E-state index contributed by atoms with van der Waals surface area (Å²) in [6.45, 7) is 8.47. The number of hydrogen-bond donors (Lipinski definition) is 2. The van der Waals surface area contributed by atoms with Crippen molar-refractivity contribution in [1.29, 1.82) is 0 Å². The standard InChI is InChI=1S/C14H24N2O3/c1-9(14(17)18)6-5-7-10(2)15-8-13-11(3)16-19-12(13)4/h9-10,15H,5-8H2,1-4H3,(H,17,18). The molecular formula is C14H24N2O3. The van der Waals surface area contributed by atoms with E-state index in [-0.39, 0.29) is 5.92 Å². The molecule has 0 aliphatic carbocycles. The number of carbonyl (C=O) groups is 1. The van der Waals surface area contributed by atoms with E-state index in [1.165, 1.54) is 0 Å². The summed E-state index contributed by atoms with van der Waals surface area (Å²) in [5, 5.41) is 16.1. The number of hydrogen-bond acceptors (Lipinski definition) is 4. The van der Waals surface area contributed by atoms with Crippen LogP contribution in [0.3, 0.4) is 0 Å². The predicted octanol–water partition coefficient (Wildman–Crippen LogP) is 2.66. The van der Waals surface area contributed by atoms with E-state index >= 15 is 0 Å². The molecule has 2 N–H and O–H groups in total. The van der Waals surface area contributed by atoms with Gasteiger partial charge in [-0.2, -0.15) is 0 Å². The van der Waals surface area contributed by atoms with Gasteiger partial charge < -0.3 is 14.9 Å². The van der Waals surface area contributed by atoms with Crippen molar-refractivity contribution in [1.82, 2.24) is 10.5 Å². The summed E-state index contributed by atoms with van der Waals surface area (Å²) in [7, 11) is 0. The summed E-state index contributed by atoms with van der Waals surface area (Å²) < 4.78 is 5.11. The Labute approximate surface area is 114 Å². The molecule has 0 saturated heterocycles. The van der Waals surface area contributed by atoms with E-state index < -0.39 is 5.97 Å². The minimum Gasteiger partial charge on any atom is -0.481 e. The molecule has 108 valence electrons.